The third-order valence-corrected chi connectivity index (χ3v) is 5.71. The lowest BCUT2D eigenvalue weighted by molar-refractivity contribution is 0.214. The van der Waals surface area contributed by atoms with Crippen LogP contribution in [0.1, 0.15) is 24.8 Å². The van der Waals surface area contributed by atoms with Crippen molar-refractivity contribution in [3.8, 4) is 0 Å². The maximum Gasteiger partial charge on any atom is 0.263 e. The van der Waals surface area contributed by atoms with Crippen LogP contribution in [0.25, 0.3) is 0 Å². The largest absolute Gasteiger partial charge is 0.306 e. The summed E-state index contributed by atoms with van der Waals surface area (Å²) in [5.41, 5.74) is 0.695. The zero-order valence-electron chi connectivity index (χ0n) is 12.2. The Labute approximate surface area is 126 Å². The molecule has 1 fully saturated rings. The maximum absolute atomic E-state index is 12.0. The number of nitrogens with zero attached hydrogens (tertiary/aromatic N) is 2. The van der Waals surface area contributed by atoms with E-state index in [1.54, 1.807) is 18.2 Å². The molecule has 0 spiro atoms. The second kappa shape index (κ2) is 5.77. The Morgan fingerprint density at radius 2 is 2.00 bits per heavy atom. The van der Waals surface area contributed by atoms with Crippen LogP contribution in [-0.4, -0.2) is 45.8 Å². The smallest absolute Gasteiger partial charge is 0.263 e. The second-order valence-corrected chi connectivity index (χ2v) is 7.52. The summed E-state index contributed by atoms with van der Waals surface area (Å²) in [5, 5.41) is 0. The molecule has 6 heteroatoms. The molecule has 21 heavy (non-hydrogen) atoms. The number of fused-ring (bicyclic) bond motifs is 1. The van der Waals surface area contributed by atoms with Crippen molar-refractivity contribution < 1.29 is 8.42 Å². The highest BCUT2D eigenvalue weighted by Gasteiger charge is 2.30. The van der Waals surface area contributed by atoms with Crippen molar-refractivity contribution in [3.05, 3.63) is 29.8 Å². The lowest BCUT2D eigenvalue weighted by Gasteiger charge is -2.28. The lowest BCUT2D eigenvalue weighted by atomic mass is 9.94. The number of hydrogen-bond donors (Lipinski definition) is 1. The van der Waals surface area contributed by atoms with Gasteiger partial charge >= 0.3 is 0 Å². The summed E-state index contributed by atoms with van der Waals surface area (Å²) in [4.78, 5) is 7.17. The average Bonchev–Trinajstić information content (AvgIpc) is 2.73. The second-order valence-electron chi connectivity index (χ2n) is 5.87. The van der Waals surface area contributed by atoms with Crippen LogP contribution < -0.4 is 4.72 Å². The molecular weight excluding hydrogens is 286 g/mol. The fourth-order valence-corrected chi connectivity index (χ4v) is 4.21. The van der Waals surface area contributed by atoms with Gasteiger partial charge in [0.05, 0.1) is 4.90 Å². The quantitative estimate of drug-likeness (QED) is 0.919. The van der Waals surface area contributed by atoms with Gasteiger partial charge in [-0.15, -0.1) is 0 Å². The molecule has 3 rings (SSSR count). The predicted octanol–water partition coefficient (Wildman–Crippen LogP) is 1.46. The van der Waals surface area contributed by atoms with Crippen molar-refractivity contribution in [3.63, 3.8) is 0 Å². The van der Waals surface area contributed by atoms with Gasteiger partial charge in [0.2, 0.25) is 0 Å². The van der Waals surface area contributed by atoms with Gasteiger partial charge in [-0.2, -0.15) is 0 Å². The zero-order chi connectivity index (χ0) is 14.9. The van der Waals surface area contributed by atoms with Crippen molar-refractivity contribution in [2.75, 3.05) is 26.7 Å². The van der Waals surface area contributed by atoms with Crippen LogP contribution in [0.5, 0.6) is 0 Å². The normalized spacial score (nSPS) is 24.0. The van der Waals surface area contributed by atoms with Crippen LogP contribution in [0.2, 0.25) is 0 Å². The number of sulfonamides is 1. The number of piperidine rings is 1. The van der Waals surface area contributed by atoms with Crippen LogP contribution in [0.4, 0.5) is 0 Å². The Morgan fingerprint density at radius 1 is 1.29 bits per heavy atom. The van der Waals surface area contributed by atoms with Crippen molar-refractivity contribution in [1.82, 2.24) is 9.62 Å². The Morgan fingerprint density at radius 3 is 2.76 bits per heavy atom. The van der Waals surface area contributed by atoms with Crippen LogP contribution in [0.15, 0.2) is 34.2 Å². The zero-order valence-corrected chi connectivity index (χ0v) is 13.1. The fourth-order valence-electron chi connectivity index (χ4n) is 2.96. The number of hydrogen-bond acceptors (Lipinski definition) is 4. The first-order valence-electron chi connectivity index (χ1n) is 7.41. The van der Waals surface area contributed by atoms with Gasteiger partial charge in [-0.25, -0.2) is 8.42 Å². The van der Waals surface area contributed by atoms with E-state index in [4.69, 9.17) is 0 Å². The van der Waals surface area contributed by atoms with Gasteiger partial charge in [-0.1, -0.05) is 12.1 Å². The van der Waals surface area contributed by atoms with E-state index in [2.05, 4.69) is 21.7 Å². The first-order chi connectivity index (χ1) is 10.1. The van der Waals surface area contributed by atoms with E-state index in [1.165, 1.54) is 12.8 Å². The molecule has 0 aliphatic carbocycles. The predicted molar refractivity (Wildman–Crippen MR) is 83.0 cm³/mol. The molecule has 0 unspecified atom stereocenters. The minimum absolute atomic E-state index is 0.336. The van der Waals surface area contributed by atoms with E-state index in [0.29, 0.717) is 28.8 Å². The summed E-state index contributed by atoms with van der Waals surface area (Å²) in [5.74, 6) is 1.21. The van der Waals surface area contributed by atoms with Gasteiger partial charge in [0.1, 0.15) is 5.84 Å². The molecular formula is C15H21N3O2S. The number of likely N-dealkylation sites (tertiary alicyclic amines) is 1. The van der Waals surface area contributed by atoms with Crippen LogP contribution in [0.3, 0.4) is 0 Å². The molecule has 0 amide bonds. The van der Waals surface area contributed by atoms with E-state index >= 15 is 0 Å². The van der Waals surface area contributed by atoms with Crippen LogP contribution >= 0.6 is 0 Å². The molecule has 5 nitrogen and oxygen atoms in total. The molecule has 1 saturated heterocycles. The summed E-state index contributed by atoms with van der Waals surface area (Å²) in [6.07, 6.45) is 3.45. The van der Waals surface area contributed by atoms with Gasteiger partial charge in [0.25, 0.3) is 10.0 Å². The summed E-state index contributed by atoms with van der Waals surface area (Å²) in [6.45, 7) is 2.98. The van der Waals surface area contributed by atoms with E-state index in [1.807, 2.05) is 6.07 Å². The third kappa shape index (κ3) is 3.11. The highest BCUT2D eigenvalue weighted by molar-refractivity contribution is 7.90. The molecule has 0 aromatic heterocycles. The van der Waals surface area contributed by atoms with Gasteiger partial charge in [0.15, 0.2) is 0 Å². The topological polar surface area (TPSA) is 61.8 Å². The molecule has 2 aliphatic rings. The fraction of sp³-hybridized carbons (Fsp3) is 0.533. The van der Waals surface area contributed by atoms with Gasteiger partial charge in [0, 0.05) is 12.1 Å². The number of benzene rings is 1. The highest BCUT2D eigenvalue weighted by Crippen LogP contribution is 2.23. The van der Waals surface area contributed by atoms with Gasteiger partial charge in [-0.05, 0) is 57.5 Å². The Balaban J connectivity index is 1.66. The number of amidine groups is 1. The molecule has 1 aromatic carbocycles. The molecule has 2 heterocycles. The first kappa shape index (κ1) is 14.5. The van der Waals surface area contributed by atoms with E-state index in [9.17, 15) is 8.42 Å². The summed E-state index contributed by atoms with van der Waals surface area (Å²) < 4.78 is 26.5. The molecule has 2 aliphatic heterocycles. The van der Waals surface area contributed by atoms with E-state index < -0.39 is 10.0 Å². The standard InChI is InChI=1S/C15H21N3O2S/c1-18-10-7-12(8-11-18)6-9-16-15-13-4-2-3-5-14(13)21(19,20)17-15/h2-5,12H,6-11H2,1H3,(H,16,17). The van der Waals surface area contributed by atoms with E-state index in [0.717, 1.165) is 19.5 Å². The molecule has 0 radical (unpaired) electrons. The third-order valence-electron chi connectivity index (χ3n) is 4.31. The van der Waals surface area contributed by atoms with E-state index in [-0.39, 0.29) is 0 Å². The van der Waals surface area contributed by atoms with Crippen molar-refractivity contribution >= 4 is 15.9 Å². The summed E-state index contributed by atoms with van der Waals surface area (Å²) in [6, 6.07) is 7.01. The van der Waals surface area contributed by atoms with Crippen LogP contribution in [-0.2, 0) is 10.0 Å². The first-order valence-corrected chi connectivity index (χ1v) is 8.90. The average molecular weight is 307 g/mol. The Bertz CT molecular complexity index is 647. The molecule has 0 saturated carbocycles. The van der Waals surface area contributed by atoms with Crippen LogP contribution in [0, 0.1) is 5.92 Å². The molecule has 1 N–H and O–H groups in total. The monoisotopic (exact) mass is 307 g/mol. The molecule has 0 atom stereocenters. The number of aliphatic imine (C=N–C) groups is 1. The molecule has 1 aromatic rings. The van der Waals surface area contributed by atoms with Crippen molar-refractivity contribution in [1.29, 1.82) is 0 Å². The lowest BCUT2D eigenvalue weighted by Crippen LogP contribution is -2.30. The van der Waals surface area contributed by atoms with Gasteiger partial charge in [-0.3, -0.25) is 9.71 Å². The summed E-state index contributed by atoms with van der Waals surface area (Å²) in [7, 11) is -1.25. The summed E-state index contributed by atoms with van der Waals surface area (Å²) >= 11 is 0. The van der Waals surface area contributed by atoms with Crippen molar-refractivity contribution in [2.24, 2.45) is 10.9 Å². The Kier molecular flexibility index (Phi) is 3.99. The maximum atomic E-state index is 12.0. The van der Waals surface area contributed by atoms with Gasteiger partial charge < -0.3 is 4.90 Å². The highest BCUT2D eigenvalue weighted by atomic mass is 32.2. The van der Waals surface area contributed by atoms with Crippen molar-refractivity contribution in [2.45, 2.75) is 24.2 Å². The SMILES string of the molecule is CN1CCC(CCN=C2NS(=O)(=O)c3ccccc32)CC1. The minimum Gasteiger partial charge on any atom is -0.306 e. The Hall–Kier alpha value is -1.40. The number of rotatable bonds is 3. The number of nitrogens with one attached hydrogen (secondary N) is 1. The molecule has 0 bridgehead atoms. The molecule has 114 valence electrons. The minimum atomic E-state index is -3.40.